The molecule has 0 bridgehead atoms. The van der Waals surface area contributed by atoms with Gasteiger partial charge in [-0.05, 0) is 18.1 Å². The van der Waals surface area contributed by atoms with Crippen molar-refractivity contribution < 1.29 is 14.3 Å². The summed E-state index contributed by atoms with van der Waals surface area (Å²) < 4.78 is 10.4. The van der Waals surface area contributed by atoms with Gasteiger partial charge in [-0.15, -0.1) is 0 Å². The largest absolute Gasteiger partial charge is 0.497 e. The first-order valence-electron chi connectivity index (χ1n) is 5.68. The molecular weight excluding hydrogens is 250 g/mol. The number of thiol groups is 1. The number of nitrogens with zero attached hydrogens (tertiary/aromatic N) is 1. The summed E-state index contributed by atoms with van der Waals surface area (Å²) in [6.45, 7) is 0.641. The number of ether oxygens (including phenoxy) is 2. The van der Waals surface area contributed by atoms with Crippen LogP contribution in [0.25, 0.3) is 0 Å². The van der Waals surface area contributed by atoms with Gasteiger partial charge in [0.1, 0.15) is 11.5 Å². The number of carbonyl (C=O) groups excluding carboxylic acids is 1. The second-order valence-electron chi connectivity index (χ2n) is 3.90. The van der Waals surface area contributed by atoms with E-state index in [1.807, 2.05) is 18.2 Å². The van der Waals surface area contributed by atoms with E-state index < -0.39 is 0 Å². The standard InChI is InChI=1S/C13H19NO3S/c1-14(13(15)9-18)7-6-10-4-5-11(16-2)8-12(10)17-3/h4-5,8,18H,6-7,9H2,1-3H3. The zero-order chi connectivity index (χ0) is 13.5. The van der Waals surface area contributed by atoms with E-state index in [0.717, 1.165) is 23.5 Å². The normalized spacial score (nSPS) is 10.0. The van der Waals surface area contributed by atoms with E-state index in [1.165, 1.54) is 0 Å². The van der Waals surface area contributed by atoms with Crippen molar-refractivity contribution in [2.45, 2.75) is 6.42 Å². The Kier molecular flexibility index (Phi) is 5.85. The lowest BCUT2D eigenvalue weighted by Crippen LogP contribution is -2.29. The van der Waals surface area contributed by atoms with E-state index in [0.29, 0.717) is 6.54 Å². The molecule has 0 fully saturated rings. The summed E-state index contributed by atoms with van der Waals surface area (Å²) in [6.07, 6.45) is 0.739. The Morgan fingerprint density at radius 1 is 1.33 bits per heavy atom. The fourth-order valence-electron chi connectivity index (χ4n) is 1.59. The molecule has 1 rings (SSSR count). The molecule has 0 atom stereocenters. The first-order chi connectivity index (χ1) is 8.62. The van der Waals surface area contributed by atoms with E-state index >= 15 is 0 Å². The van der Waals surface area contributed by atoms with E-state index in [2.05, 4.69) is 12.6 Å². The monoisotopic (exact) mass is 269 g/mol. The average Bonchev–Trinajstić information content (AvgIpc) is 2.43. The fraction of sp³-hybridized carbons (Fsp3) is 0.462. The summed E-state index contributed by atoms with van der Waals surface area (Å²) in [6, 6.07) is 5.69. The van der Waals surface area contributed by atoms with Crippen LogP contribution in [0, 0.1) is 0 Å². The highest BCUT2D eigenvalue weighted by molar-refractivity contribution is 7.81. The van der Waals surface area contributed by atoms with E-state index in [-0.39, 0.29) is 11.7 Å². The highest BCUT2D eigenvalue weighted by atomic mass is 32.1. The van der Waals surface area contributed by atoms with Crippen molar-refractivity contribution >= 4 is 18.5 Å². The molecule has 0 unspecified atom stereocenters. The molecule has 4 nitrogen and oxygen atoms in total. The third-order valence-corrected chi connectivity index (χ3v) is 3.04. The molecular formula is C13H19NO3S. The van der Waals surface area contributed by atoms with Gasteiger partial charge in [0.15, 0.2) is 0 Å². The molecule has 0 N–H and O–H groups in total. The molecule has 1 amide bonds. The van der Waals surface area contributed by atoms with Crippen LogP contribution >= 0.6 is 12.6 Å². The summed E-state index contributed by atoms with van der Waals surface area (Å²) in [7, 11) is 5.02. The molecule has 1 aromatic rings. The molecule has 100 valence electrons. The van der Waals surface area contributed by atoms with Gasteiger partial charge in [-0.1, -0.05) is 6.07 Å². The van der Waals surface area contributed by atoms with Crippen molar-refractivity contribution in [2.24, 2.45) is 0 Å². The van der Waals surface area contributed by atoms with E-state index in [9.17, 15) is 4.79 Å². The van der Waals surface area contributed by atoms with Crippen LogP contribution in [-0.2, 0) is 11.2 Å². The number of methoxy groups -OCH3 is 2. The number of hydrogen-bond acceptors (Lipinski definition) is 4. The van der Waals surface area contributed by atoms with Gasteiger partial charge in [-0.2, -0.15) is 12.6 Å². The third-order valence-electron chi connectivity index (χ3n) is 2.77. The van der Waals surface area contributed by atoms with Gasteiger partial charge in [-0.3, -0.25) is 4.79 Å². The van der Waals surface area contributed by atoms with Crippen LogP contribution in [0.3, 0.4) is 0 Å². The molecule has 0 saturated heterocycles. The van der Waals surface area contributed by atoms with Crippen LogP contribution in [0.4, 0.5) is 0 Å². The molecule has 0 heterocycles. The number of carbonyl (C=O) groups is 1. The molecule has 1 aromatic carbocycles. The van der Waals surface area contributed by atoms with Crippen molar-refractivity contribution in [3.63, 3.8) is 0 Å². The maximum atomic E-state index is 11.4. The summed E-state index contributed by atoms with van der Waals surface area (Å²) in [5.41, 5.74) is 1.05. The average molecular weight is 269 g/mol. The lowest BCUT2D eigenvalue weighted by atomic mass is 10.1. The Morgan fingerprint density at radius 2 is 2.06 bits per heavy atom. The van der Waals surface area contributed by atoms with Crippen molar-refractivity contribution in [3.05, 3.63) is 23.8 Å². The minimum Gasteiger partial charge on any atom is -0.497 e. The van der Waals surface area contributed by atoms with Gasteiger partial charge in [0.2, 0.25) is 5.91 Å². The Labute approximate surface area is 113 Å². The van der Waals surface area contributed by atoms with E-state index in [4.69, 9.17) is 9.47 Å². The predicted molar refractivity (Wildman–Crippen MR) is 74.7 cm³/mol. The molecule has 0 radical (unpaired) electrons. The third kappa shape index (κ3) is 3.84. The smallest absolute Gasteiger partial charge is 0.232 e. The first kappa shape index (κ1) is 14.7. The molecule has 0 saturated carbocycles. The second-order valence-corrected chi connectivity index (χ2v) is 4.22. The SMILES string of the molecule is COc1ccc(CCN(C)C(=O)CS)c(OC)c1. The molecule has 0 aliphatic carbocycles. The zero-order valence-corrected chi connectivity index (χ0v) is 11.9. The number of rotatable bonds is 6. The lowest BCUT2D eigenvalue weighted by molar-refractivity contribution is -0.127. The summed E-state index contributed by atoms with van der Waals surface area (Å²) >= 11 is 3.97. The summed E-state index contributed by atoms with van der Waals surface area (Å²) in [5, 5.41) is 0. The first-order valence-corrected chi connectivity index (χ1v) is 6.31. The maximum absolute atomic E-state index is 11.4. The van der Waals surface area contributed by atoms with Crippen molar-refractivity contribution in [1.29, 1.82) is 0 Å². The fourth-order valence-corrected chi connectivity index (χ4v) is 1.83. The van der Waals surface area contributed by atoms with Gasteiger partial charge in [-0.25, -0.2) is 0 Å². The quantitative estimate of drug-likeness (QED) is 0.798. The van der Waals surface area contributed by atoms with Crippen LogP contribution in [0.1, 0.15) is 5.56 Å². The van der Waals surface area contributed by atoms with Gasteiger partial charge >= 0.3 is 0 Å². The van der Waals surface area contributed by atoms with Gasteiger partial charge in [0.05, 0.1) is 20.0 Å². The van der Waals surface area contributed by atoms with Crippen LogP contribution in [-0.4, -0.2) is 44.4 Å². The van der Waals surface area contributed by atoms with Crippen LogP contribution < -0.4 is 9.47 Å². The van der Waals surface area contributed by atoms with E-state index in [1.54, 1.807) is 26.2 Å². The van der Waals surface area contributed by atoms with Crippen molar-refractivity contribution in [1.82, 2.24) is 4.90 Å². The van der Waals surface area contributed by atoms with Gasteiger partial charge in [0, 0.05) is 19.7 Å². The minimum atomic E-state index is 0.0193. The minimum absolute atomic E-state index is 0.0193. The van der Waals surface area contributed by atoms with Crippen LogP contribution in [0.15, 0.2) is 18.2 Å². The molecule has 0 aliphatic heterocycles. The number of hydrogen-bond donors (Lipinski definition) is 1. The molecule has 0 spiro atoms. The lowest BCUT2D eigenvalue weighted by Gasteiger charge is -2.17. The topological polar surface area (TPSA) is 38.8 Å². The molecule has 0 aliphatic rings. The molecule has 0 aromatic heterocycles. The van der Waals surface area contributed by atoms with Crippen molar-refractivity contribution in [3.8, 4) is 11.5 Å². The number of amides is 1. The Morgan fingerprint density at radius 3 is 2.61 bits per heavy atom. The van der Waals surface area contributed by atoms with Crippen LogP contribution in [0.5, 0.6) is 11.5 Å². The Bertz CT molecular complexity index is 409. The highest BCUT2D eigenvalue weighted by Gasteiger charge is 2.09. The number of benzene rings is 1. The van der Waals surface area contributed by atoms with Crippen LogP contribution in [0.2, 0.25) is 0 Å². The Balaban J connectivity index is 2.69. The van der Waals surface area contributed by atoms with Gasteiger partial charge in [0.25, 0.3) is 0 Å². The maximum Gasteiger partial charge on any atom is 0.232 e. The summed E-state index contributed by atoms with van der Waals surface area (Å²) in [5.74, 6) is 1.79. The summed E-state index contributed by atoms with van der Waals surface area (Å²) in [4.78, 5) is 13.0. The number of likely N-dealkylation sites (N-methyl/N-ethyl adjacent to an activating group) is 1. The zero-order valence-electron chi connectivity index (χ0n) is 11.0. The molecule has 18 heavy (non-hydrogen) atoms. The van der Waals surface area contributed by atoms with Crippen molar-refractivity contribution in [2.75, 3.05) is 33.6 Å². The highest BCUT2D eigenvalue weighted by Crippen LogP contribution is 2.24. The Hall–Kier alpha value is -1.36. The molecule has 5 heteroatoms. The van der Waals surface area contributed by atoms with Gasteiger partial charge < -0.3 is 14.4 Å². The predicted octanol–water partition coefficient (Wildman–Crippen LogP) is 1.63. The second kappa shape index (κ2) is 7.16.